The van der Waals surface area contributed by atoms with Gasteiger partial charge in [-0.2, -0.15) is 0 Å². The fourth-order valence-electron chi connectivity index (χ4n) is 2.53. The van der Waals surface area contributed by atoms with Crippen molar-refractivity contribution in [2.75, 3.05) is 40.4 Å². The van der Waals surface area contributed by atoms with Crippen molar-refractivity contribution in [2.24, 2.45) is 0 Å². The summed E-state index contributed by atoms with van der Waals surface area (Å²) in [6, 6.07) is 7.58. The number of aromatic nitrogens is 2. The Bertz CT molecular complexity index is 932. The Morgan fingerprint density at radius 3 is 2.89 bits per heavy atom. The van der Waals surface area contributed by atoms with E-state index in [4.69, 9.17) is 4.74 Å². The number of rotatable bonds is 9. The fourth-order valence-corrected chi connectivity index (χ4v) is 3.28. The minimum absolute atomic E-state index is 0.191. The molecule has 2 N–H and O–H groups in total. The Morgan fingerprint density at radius 1 is 1.26 bits per heavy atom. The van der Waals surface area contributed by atoms with Gasteiger partial charge in [-0.25, -0.2) is 4.98 Å². The summed E-state index contributed by atoms with van der Waals surface area (Å²) >= 11 is 1.17. The van der Waals surface area contributed by atoms with E-state index >= 15 is 0 Å². The first kappa shape index (κ1) is 19.2. The number of thiazole rings is 1. The molecule has 0 fully saturated rings. The Morgan fingerprint density at radius 2 is 2.07 bits per heavy atom. The van der Waals surface area contributed by atoms with Crippen LogP contribution in [0.5, 0.6) is 0 Å². The van der Waals surface area contributed by atoms with Crippen LogP contribution < -0.4 is 5.32 Å². The molecule has 2 aromatic heterocycles. The van der Waals surface area contributed by atoms with Crippen LogP contribution in [0.1, 0.15) is 25.9 Å². The first-order valence-electron chi connectivity index (χ1n) is 8.63. The number of ketones is 1. The molecule has 0 aliphatic carbocycles. The van der Waals surface area contributed by atoms with Gasteiger partial charge in [0.05, 0.1) is 18.8 Å². The second kappa shape index (κ2) is 8.90. The molecule has 0 saturated carbocycles. The maximum Gasteiger partial charge on any atom is 0.270 e. The van der Waals surface area contributed by atoms with E-state index in [2.05, 4.69) is 15.3 Å². The molecule has 3 aromatic rings. The largest absolute Gasteiger partial charge is 0.378 e. The zero-order valence-electron chi connectivity index (χ0n) is 15.3. The molecule has 8 heteroatoms. The van der Waals surface area contributed by atoms with Crippen LogP contribution in [0.3, 0.4) is 0 Å². The number of hydrogen-bond acceptors (Lipinski definition) is 6. The normalized spacial score (nSPS) is 11.2. The van der Waals surface area contributed by atoms with Crippen LogP contribution in [0.4, 0.5) is 0 Å². The maximum atomic E-state index is 12.7. The average Bonchev–Trinajstić information content (AvgIpc) is 3.31. The predicted octanol–water partition coefficient (Wildman–Crippen LogP) is 2.16. The van der Waals surface area contributed by atoms with Crippen molar-refractivity contribution in [1.82, 2.24) is 20.2 Å². The van der Waals surface area contributed by atoms with Gasteiger partial charge < -0.3 is 19.9 Å². The monoisotopic (exact) mass is 386 g/mol. The van der Waals surface area contributed by atoms with Gasteiger partial charge in [-0.15, -0.1) is 11.3 Å². The third-order valence-corrected chi connectivity index (χ3v) is 4.82. The van der Waals surface area contributed by atoms with Gasteiger partial charge >= 0.3 is 0 Å². The second-order valence-corrected chi connectivity index (χ2v) is 7.14. The van der Waals surface area contributed by atoms with Gasteiger partial charge in [0.25, 0.3) is 5.91 Å². The lowest BCUT2D eigenvalue weighted by molar-refractivity contribution is 0.0896. The zero-order valence-corrected chi connectivity index (χ0v) is 16.1. The molecule has 0 spiro atoms. The van der Waals surface area contributed by atoms with Crippen LogP contribution in [-0.2, 0) is 4.74 Å². The molecule has 2 heterocycles. The molecule has 0 radical (unpaired) electrons. The highest BCUT2D eigenvalue weighted by atomic mass is 32.1. The lowest BCUT2D eigenvalue weighted by atomic mass is 10.1. The van der Waals surface area contributed by atoms with E-state index in [0.717, 1.165) is 17.4 Å². The summed E-state index contributed by atoms with van der Waals surface area (Å²) in [6.45, 7) is 2.28. The molecule has 27 heavy (non-hydrogen) atoms. The summed E-state index contributed by atoms with van der Waals surface area (Å²) in [4.78, 5) is 34.2. The first-order valence-corrected chi connectivity index (χ1v) is 9.51. The molecule has 0 bridgehead atoms. The average molecular weight is 386 g/mol. The van der Waals surface area contributed by atoms with Crippen LogP contribution in [0.15, 0.2) is 35.8 Å². The summed E-state index contributed by atoms with van der Waals surface area (Å²) < 4.78 is 5.43. The molecular formula is C19H22N4O3S. The van der Waals surface area contributed by atoms with Gasteiger partial charge in [-0.3, -0.25) is 9.59 Å². The number of ether oxygens (including phenoxy) is 1. The van der Waals surface area contributed by atoms with E-state index in [1.807, 2.05) is 43.3 Å². The van der Waals surface area contributed by atoms with Crippen LogP contribution in [0, 0.1) is 0 Å². The Balaban J connectivity index is 1.56. The topological polar surface area (TPSA) is 87.3 Å². The number of aromatic amines is 1. The van der Waals surface area contributed by atoms with Crippen molar-refractivity contribution < 1.29 is 14.3 Å². The van der Waals surface area contributed by atoms with E-state index in [0.29, 0.717) is 30.3 Å². The molecule has 0 saturated heterocycles. The minimum Gasteiger partial charge on any atom is -0.378 e. The zero-order chi connectivity index (χ0) is 19.2. The van der Waals surface area contributed by atoms with Gasteiger partial charge in [0.1, 0.15) is 5.69 Å². The first-order chi connectivity index (χ1) is 13.1. The van der Waals surface area contributed by atoms with Crippen molar-refractivity contribution >= 4 is 33.9 Å². The standard InChI is InChI=1S/C19H22N4O3S/c1-23(2)8-10-26-9-7-20-18(25)16-12-27-19(22-16)17(24)14-11-21-15-6-4-3-5-13(14)15/h3-6,11-12,21H,7-10H2,1-2H3,(H,20,25). The van der Waals surface area contributed by atoms with E-state index in [9.17, 15) is 9.59 Å². The summed E-state index contributed by atoms with van der Waals surface area (Å²) in [5.41, 5.74) is 1.70. The van der Waals surface area contributed by atoms with Gasteiger partial charge in [-0.1, -0.05) is 18.2 Å². The lowest BCUT2D eigenvalue weighted by Crippen LogP contribution is -2.28. The summed E-state index contributed by atoms with van der Waals surface area (Å²) in [7, 11) is 3.95. The van der Waals surface area contributed by atoms with Crippen molar-refractivity contribution in [3.63, 3.8) is 0 Å². The van der Waals surface area contributed by atoms with Crippen molar-refractivity contribution in [3.05, 3.63) is 52.1 Å². The number of H-pyrrole nitrogens is 1. The summed E-state index contributed by atoms with van der Waals surface area (Å²) in [6.07, 6.45) is 1.68. The molecule has 3 rings (SSSR count). The molecule has 142 valence electrons. The Hall–Kier alpha value is -2.55. The second-order valence-electron chi connectivity index (χ2n) is 6.29. The fraction of sp³-hybridized carbons (Fsp3) is 0.316. The van der Waals surface area contributed by atoms with Gasteiger partial charge in [0, 0.05) is 35.6 Å². The SMILES string of the molecule is CN(C)CCOCCNC(=O)c1csc(C(=O)c2c[nH]c3ccccc23)n1. The van der Waals surface area contributed by atoms with E-state index in [1.165, 1.54) is 11.3 Å². The molecule has 0 atom stereocenters. The highest BCUT2D eigenvalue weighted by Gasteiger charge is 2.19. The number of amides is 1. The number of para-hydroxylation sites is 1. The molecular weight excluding hydrogens is 364 g/mol. The number of fused-ring (bicyclic) bond motifs is 1. The van der Waals surface area contributed by atoms with E-state index in [-0.39, 0.29) is 17.4 Å². The number of hydrogen-bond donors (Lipinski definition) is 2. The lowest BCUT2D eigenvalue weighted by Gasteiger charge is -2.09. The molecule has 0 aliphatic rings. The summed E-state index contributed by atoms with van der Waals surface area (Å²) in [5, 5.41) is 5.50. The summed E-state index contributed by atoms with van der Waals surface area (Å²) in [5.74, 6) is -0.496. The Kier molecular flexibility index (Phi) is 6.33. The highest BCUT2D eigenvalue weighted by Crippen LogP contribution is 2.22. The van der Waals surface area contributed by atoms with Gasteiger partial charge in [0.15, 0.2) is 5.01 Å². The Labute approximate surface area is 161 Å². The number of benzene rings is 1. The number of carbonyl (C=O) groups is 2. The minimum atomic E-state index is -0.305. The molecule has 0 unspecified atom stereocenters. The third-order valence-electron chi connectivity index (χ3n) is 3.98. The number of nitrogens with zero attached hydrogens (tertiary/aromatic N) is 2. The number of carbonyl (C=O) groups excluding carboxylic acids is 2. The predicted molar refractivity (Wildman–Crippen MR) is 106 cm³/mol. The number of nitrogens with one attached hydrogen (secondary N) is 2. The van der Waals surface area contributed by atoms with Gasteiger partial charge in [0.2, 0.25) is 5.78 Å². The van der Waals surface area contributed by atoms with Crippen molar-refractivity contribution in [2.45, 2.75) is 0 Å². The maximum absolute atomic E-state index is 12.7. The molecule has 1 amide bonds. The van der Waals surface area contributed by atoms with E-state index in [1.54, 1.807) is 11.6 Å². The van der Waals surface area contributed by atoms with Gasteiger partial charge in [-0.05, 0) is 20.2 Å². The van der Waals surface area contributed by atoms with Crippen LogP contribution in [0.2, 0.25) is 0 Å². The van der Waals surface area contributed by atoms with Crippen LogP contribution in [0.25, 0.3) is 10.9 Å². The van der Waals surface area contributed by atoms with Crippen molar-refractivity contribution in [3.8, 4) is 0 Å². The van der Waals surface area contributed by atoms with Crippen LogP contribution in [-0.4, -0.2) is 67.0 Å². The highest BCUT2D eigenvalue weighted by molar-refractivity contribution is 7.12. The smallest absolute Gasteiger partial charge is 0.270 e. The molecule has 1 aromatic carbocycles. The quantitative estimate of drug-likeness (QED) is 0.435. The van der Waals surface area contributed by atoms with E-state index < -0.39 is 0 Å². The molecule has 0 aliphatic heterocycles. The van der Waals surface area contributed by atoms with Crippen molar-refractivity contribution in [1.29, 1.82) is 0 Å². The molecule has 7 nitrogen and oxygen atoms in total. The number of likely N-dealkylation sites (N-methyl/N-ethyl adjacent to an activating group) is 1. The van der Waals surface area contributed by atoms with Crippen LogP contribution >= 0.6 is 11.3 Å². The third kappa shape index (κ3) is 4.79.